The van der Waals surface area contributed by atoms with Gasteiger partial charge in [0.1, 0.15) is 5.82 Å². The van der Waals surface area contributed by atoms with Crippen molar-refractivity contribution in [3.8, 4) is 5.69 Å². The molecule has 0 atom stereocenters. The van der Waals surface area contributed by atoms with Gasteiger partial charge in [-0.25, -0.2) is 4.98 Å². The molecule has 25 heavy (non-hydrogen) atoms. The van der Waals surface area contributed by atoms with Gasteiger partial charge in [0, 0.05) is 5.69 Å². The minimum absolute atomic E-state index is 0.342. The van der Waals surface area contributed by atoms with Gasteiger partial charge in [0.15, 0.2) is 0 Å². The van der Waals surface area contributed by atoms with E-state index < -0.39 is 0 Å². The van der Waals surface area contributed by atoms with Gasteiger partial charge in [0.25, 0.3) is 0 Å². The molecule has 0 bridgehead atoms. The van der Waals surface area contributed by atoms with Crippen LogP contribution in [0.4, 0.5) is 0 Å². The lowest BCUT2D eigenvalue weighted by atomic mass is 9.79. The molecule has 4 nitrogen and oxygen atoms in total. The van der Waals surface area contributed by atoms with Crippen LogP contribution in [0.1, 0.15) is 33.5 Å². The summed E-state index contributed by atoms with van der Waals surface area (Å²) in [4.78, 5) is 4.66. The molecule has 0 spiro atoms. The van der Waals surface area contributed by atoms with Crippen molar-refractivity contribution in [1.29, 1.82) is 0 Å². The Morgan fingerprint density at radius 1 is 0.920 bits per heavy atom. The number of benzene rings is 2. The molecule has 0 radical (unpaired) electrons. The Balaban J connectivity index is 1.77. The minimum Gasteiger partial charge on any atom is -0.399 e. The highest BCUT2D eigenvalue weighted by Crippen LogP contribution is 2.36. The first-order valence-electron chi connectivity index (χ1n) is 8.69. The van der Waals surface area contributed by atoms with E-state index in [1.807, 2.05) is 31.2 Å². The van der Waals surface area contributed by atoms with Crippen LogP contribution in [-0.2, 0) is 9.31 Å². The molecule has 2 aromatic carbocycles. The van der Waals surface area contributed by atoms with Crippen molar-refractivity contribution in [3.63, 3.8) is 0 Å². The molecule has 128 valence electrons. The van der Waals surface area contributed by atoms with E-state index in [-0.39, 0.29) is 18.3 Å². The Morgan fingerprint density at radius 2 is 1.60 bits per heavy atom. The highest BCUT2D eigenvalue weighted by molar-refractivity contribution is 6.62. The average Bonchev–Trinajstić information content (AvgIpc) is 3.00. The van der Waals surface area contributed by atoms with Gasteiger partial charge in [-0.05, 0) is 64.3 Å². The molecule has 4 rings (SSSR count). The van der Waals surface area contributed by atoms with Crippen LogP contribution in [0.15, 0.2) is 48.5 Å². The van der Waals surface area contributed by atoms with Crippen LogP contribution in [0.2, 0.25) is 0 Å². The van der Waals surface area contributed by atoms with Crippen LogP contribution >= 0.6 is 0 Å². The average molecular weight is 334 g/mol. The third-order valence-corrected chi connectivity index (χ3v) is 5.38. The molecule has 2 heterocycles. The molecular weight excluding hydrogens is 311 g/mol. The van der Waals surface area contributed by atoms with Crippen molar-refractivity contribution in [2.45, 2.75) is 45.8 Å². The molecule has 0 unspecified atom stereocenters. The summed E-state index contributed by atoms with van der Waals surface area (Å²) in [7, 11) is -0.361. The number of fused-ring (bicyclic) bond motifs is 1. The monoisotopic (exact) mass is 334 g/mol. The van der Waals surface area contributed by atoms with E-state index in [1.165, 1.54) is 0 Å². The second-order valence-electron chi connectivity index (χ2n) is 7.67. The maximum Gasteiger partial charge on any atom is 0.494 e. The number of hydrogen-bond acceptors (Lipinski definition) is 3. The fourth-order valence-corrected chi connectivity index (χ4v) is 3.26. The smallest absolute Gasteiger partial charge is 0.399 e. The summed E-state index contributed by atoms with van der Waals surface area (Å²) < 4.78 is 14.6. The predicted octanol–water partition coefficient (Wildman–Crippen LogP) is 3.63. The maximum absolute atomic E-state index is 6.19. The fourth-order valence-electron chi connectivity index (χ4n) is 3.26. The Hall–Kier alpha value is -2.11. The summed E-state index contributed by atoms with van der Waals surface area (Å²) in [6.45, 7) is 10.3. The summed E-state index contributed by atoms with van der Waals surface area (Å²) in [5.74, 6) is 0.965. The first-order valence-corrected chi connectivity index (χ1v) is 8.69. The molecule has 1 saturated heterocycles. The standard InChI is InChI=1S/C20H23BN2O2/c1-14-22-17-11-6-7-12-18(17)23(14)16-10-8-9-15(13-16)21-24-19(2,3)20(4,5)25-21/h6-13H,1-5H3. The van der Waals surface area contributed by atoms with Gasteiger partial charge < -0.3 is 9.31 Å². The highest BCUT2D eigenvalue weighted by atomic mass is 16.7. The lowest BCUT2D eigenvalue weighted by Gasteiger charge is -2.32. The van der Waals surface area contributed by atoms with E-state index in [0.717, 1.165) is 28.0 Å². The second kappa shape index (κ2) is 5.45. The van der Waals surface area contributed by atoms with Crippen LogP contribution in [0.5, 0.6) is 0 Å². The van der Waals surface area contributed by atoms with Gasteiger partial charge in [0.2, 0.25) is 0 Å². The third-order valence-electron chi connectivity index (χ3n) is 5.38. The van der Waals surface area contributed by atoms with Crippen LogP contribution in [0.3, 0.4) is 0 Å². The summed E-state index contributed by atoms with van der Waals surface area (Å²) in [5.41, 5.74) is 3.51. The summed E-state index contributed by atoms with van der Waals surface area (Å²) in [5, 5.41) is 0. The van der Waals surface area contributed by atoms with E-state index in [9.17, 15) is 0 Å². The molecule has 0 N–H and O–H groups in total. The number of hydrogen-bond donors (Lipinski definition) is 0. The third kappa shape index (κ3) is 2.59. The number of nitrogens with zero attached hydrogens (tertiary/aromatic N) is 2. The van der Waals surface area contributed by atoms with E-state index in [2.05, 4.69) is 61.5 Å². The lowest BCUT2D eigenvalue weighted by Crippen LogP contribution is -2.41. The zero-order valence-electron chi connectivity index (χ0n) is 15.4. The lowest BCUT2D eigenvalue weighted by molar-refractivity contribution is 0.00578. The first-order chi connectivity index (χ1) is 11.8. The molecular formula is C20H23BN2O2. The number of imidazole rings is 1. The van der Waals surface area contributed by atoms with Crippen LogP contribution in [-0.4, -0.2) is 27.9 Å². The topological polar surface area (TPSA) is 36.3 Å². The number of rotatable bonds is 2. The normalized spacial score (nSPS) is 18.8. The molecule has 1 aliphatic rings. The number of aryl methyl sites for hydroxylation is 1. The van der Waals surface area contributed by atoms with Crippen molar-refractivity contribution in [1.82, 2.24) is 9.55 Å². The highest BCUT2D eigenvalue weighted by Gasteiger charge is 2.51. The Kier molecular flexibility index (Phi) is 3.57. The van der Waals surface area contributed by atoms with Gasteiger partial charge in [-0.15, -0.1) is 0 Å². The van der Waals surface area contributed by atoms with Crippen molar-refractivity contribution in [3.05, 3.63) is 54.4 Å². The van der Waals surface area contributed by atoms with Crippen molar-refractivity contribution >= 4 is 23.6 Å². The quantitative estimate of drug-likeness (QED) is 0.672. The summed E-state index contributed by atoms with van der Waals surface area (Å²) in [6.07, 6.45) is 0. The molecule has 1 aliphatic heterocycles. The van der Waals surface area contributed by atoms with E-state index in [4.69, 9.17) is 9.31 Å². The molecule has 0 aliphatic carbocycles. The Bertz CT molecular complexity index is 930. The van der Waals surface area contributed by atoms with Crippen LogP contribution in [0, 0.1) is 6.92 Å². The molecule has 1 aromatic heterocycles. The minimum atomic E-state index is -0.361. The second-order valence-corrected chi connectivity index (χ2v) is 7.67. The maximum atomic E-state index is 6.19. The summed E-state index contributed by atoms with van der Waals surface area (Å²) >= 11 is 0. The molecule has 3 aromatic rings. The Morgan fingerprint density at radius 3 is 2.32 bits per heavy atom. The zero-order valence-corrected chi connectivity index (χ0v) is 15.4. The Labute approximate surface area is 148 Å². The molecule has 5 heteroatoms. The van der Waals surface area contributed by atoms with Gasteiger partial charge in [-0.3, -0.25) is 4.57 Å². The fraction of sp³-hybridized carbons (Fsp3) is 0.350. The number of aromatic nitrogens is 2. The van der Waals surface area contributed by atoms with Gasteiger partial charge in [0.05, 0.1) is 22.2 Å². The van der Waals surface area contributed by atoms with E-state index >= 15 is 0 Å². The van der Waals surface area contributed by atoms with E-state index in [1.54, 1.807) is 0 Å². The summed E-state index contributed by atoms with van der Waals surface area (Å²) in [6, 6.07) is 16.5. The van der Waals surface area contributed by atoms with Crippen molar-refractivity contribution in [2.75, 3.05) is 0 Å². The first kappa shape index (κ1) is 16.4. The SMILES string of the molecule is Cc1nc2ccccc2n1-c1cccc(B2OC(C)(C)C(C)(C)O2)c1. The number of para-hydroxylation sites is 2. The van der Waals surface area contributed by atoms with Crippen LogP contribution < -0.4 is 5.46 Å². The largest absolute Gasteiger partial charge is 0.494 e. The van der Waals surface area contributed by atoms with Crippen LogP contribution in [0.25, 0.3) is 16.7 Å². The molecule has 0 saturated carbocycles. The van der Waals surface area contributed by atoms with Crippen molar-refractivity contribution < 1.29 is 9.31 Å². The zero-order chi connectivity index (χ0) is 17.8. The van der Waals surface area contributed by atoms with E-state index in [0.29, 0.717) is 0 Å². The van der Waals surface area contributed by atoms with Gasteiger partial charge in [-0.1, -0.05) is 24.3 Å². The van der Waals surface area contributed by atoms with Crippen molar-refractivity contribution in [2.24, 2.45) is 0 Å². The molecule has 1 fully saturated rings. The molecule has 0 amide bonds. The predicted molar refractivity (Wildman–Crippen MR) is 102 cm³/mol. The van der Waals surface area contributed by atoms with Gasteiger partial charge >= 0.3 is 7.12 Å². The van der Waals surface area contributed by atoms with Gasteiger partial charge in [-0.2, -0.15) is 0 Å².